The highest BCUT2D eigenvalue weighted by molar-refractivity contribution is 9.08. The predicted octanol–water partition coefficient (Wildman–Crippen LogP) is 4.67. The Kier molecular flexibility index (Phi) is 3.37. The van der Waals surface area contributed by atoms with Gasteiger partial charge in [0.25, 0.3) is 0 Å². The van der Waals surface area contributed by atoms with Crippen molar-refractivity contribution in [1.82, 2.24) is 0 Å². The molecule has 0 saturated carbocycles. The average Bonchev–Trinajstić information content (AvgIpc) is 2.47. The van der Waals surface area contributed by atoms with Crippen molar-refractivity contribution in [2.45, 2.75) is 18.2 Å². The van der Waals surface area contributed by atoms with E-state index >= 15 is 0 Å². The van der Waals surface area contributed by atoms with Crippen molar-refractivity contribution in [2.24, 2.45) is 0 Å². The van der Waals surface area contributed by atoms with Crippen molar-refractivity contribution in [1.29, 1.82) is 0 Å². The molecule has 92 valence electrons. The lowest BCUT2D eigenvalue weighted by atomic mass is 10.0. The molecule has 0 N–H and O–H groups in total. The van der Waals surface area contributed by atoms with Gasteiger partial charge < -0.3 is 4.90 Å². The van der Waals surface area contributed by atoms with Crippen LogP contribution >= 0.6 is 15.9 Å². The summed E-state index contributed by atoms with van der Waals surface area (Å²) in [7, 11) is 0. The molecule has 2 aromatic rings. The van der Waals surface area contributed by atoms with Gasteiger partial charge in [0, 0.05) is 23.2 Å². The summed E-state index contributed by atoms with van der Waals surface area (Å²) in [4.78, 5) is 2.43. The molecule has 1 heterocycles. The number of benzene rings is 2. The molecular weight excluding hydrogens is 286 g/mol. The van der Waals surface area contributed by atoms with Crippen LogP contribution < -0.4 is 4.90 Å². The lowest BCUT2D eigenvalue weighted by Crippen LogP contribution is -2.24. The molecule has 0 radical (unpaired) electrons. The highest BCUT2D eigenvalue weighted by Gasteiger charge is 2.17. The summed E-state index contributed by atoms with van der Waals surface area (Å²) < 4.78 is 0. The SMILES string of the molecule is BrCc1ccc(N2CCCc3ccccc32)cc1. The van der Waals surface area contributed by atoms with Crippen molar-refractivity contribution in [3.63, 3.8) is 0 Å². The monoisotopic (exact) mass is 301 g/mol. The van der Waals surface area contributed by atoms with Crippen LogP contribution in [0.25, 0.3) is 0 Å². The first-order chi connectivity index (χ1) is 8.88. The van der Waals surface area contributed by atoms with Crippen LogP contribution in [0.1, 0.15) is 17.5 Å². The summed E-state index contributed by atoms with van der Waals surface area (Å²) >= 11 is 3.49. The van der Waals surface area contributed by atoms with E-state index in [1.54, 1.807) is 0 Å². The molecule has 2 aromatic carbocycles. The lowest BCUT2D eigenvalue weighted by molar-refractivity contribution is 0.767. The van der Waals surface area contributed by atoms with Gasteiger partial charge in [-0.25, -0.2) is 0 Å². The molecule has 0 spiro atoms. The molecule has 18 heavy (non-hydrogen) atoms. The van der Waals surface area contributed by atoms with Gasteiger partial charge in [0.05, 0.1) is 0 Å². The van der Waals surface area contributed by atoms with Gasteiger partial charge in [-0.2, -0.15) is 0 Å². The fraction of sp³-hybridized carbons (Fsp3) is 0.250. The minimum Gasteiger partial charge on any atom is -0.341 e. The summed E-state index contributed by atoms with van der Waals surface area (Å²) in [5.74, 6) is 0. The lowest BCUT2D eigenvalue weighted by Gasteiger charge is -2.31. The van der Waals surface area contributed by atoms with Crippen LogP contribution in [-0.4, -0.2) is 6.54 Å². The van der Waals surface area contributed by atoms with Crippen molar-refractivity contribution in [3.05, 3.63) is 59.7 Å². The van der Waals surface area contributed by atoms with Crippen molar-refractivity contribution < 1.29 is 0 Å². The Hall–Kier alpha value is -1.28. The van der Waals surface area contributed by atoms with Crippen LogP contribution in [0, 0.1) is 0 Å². The Balaban J connectivity index is 1.97. The standard InChI is InChI=1S/C16H16BrN/c17-12-13-7-9-15(10-8-13)18-11-3-5-14-4-1-2-6-16(14)18/h1-2,4,6-10H,3,5,11-12H2. The van der Waals surface area contributed by atoms with Crippen LogP contribution in [0.3, 0.4) is 0 Å². The topological polar surface area (TPSA) is 3.24 Å². The Morgan fingerprint density at radius 1 is 1.00 bits per heavy atom. The number of alkyl halides is 1. The number of hydrogen-bond donors (Lipinski definition) is 0. The quantitative estimate of drug-likeness (QED) is 0.729. The summed E-state index contributed by atoms with van der Waals surface area (Å²) in [5, 5.41) is 0.921. The van der Waals surface area contributed by atoms with E-state index < -0.39 is 0 Å². The number of rotatable bonds is 2. The van der Waals surface area contributed by atoms with Crippen molar-refractivity contribution in [2.75, 3.05) is 11.4 Å². The molecular formula is C16H16BrN. The fourth-order valence-corrected chi connectivity index (χ4v) is 2.94. The third kappa shape index (κ3) is 2.17. The average molecular weight is 302 g/mol. The maximum atomic E-state index is 3.49. The third-order valence-electron chi connectivity index (χ3n) is 3.51. The van der Waals surface area contributed by atoms with Gasteiger partial charge in [-0.05, 0) is 42.2 Å². The Morgan fingerprint density at radius 3 is 2.56 bits per heavy atom. The minimum atomic E-state index is 0.921. The Labute approximate surface area is 117 Å². The first-order valence-corrected chi connectivity index (χ1v) is 7.51. The van der Waals surface area contributed by atoms with E-state index in [-0.39, 0.29) is 0 Å². The highest BCUT2D eigenvalue weighted by Crippen LogP contribution is 2.33. The van der Waals surface area contributed by atoms with Crippen LogP contribution in [0.5, 0.6) is 0 Å². The molecule has 0 aromatic heterocycles. The summed E-state index contributed by atoms with van der Waals surface area (Å²) in [6.45, 7) is 1.12. The number of para-hydroxylation sites is 1. The molecule has 1 nitrogen and oxygen atoms in total. The number of hydrogen-bond acceptors (Lipinski definition) is 1. The zero-order valence-corrected chi connectivity index (χ0v) is 11.9. The van der Waals surface area contributed by atoms with Gasteiger partial charge in [-0.3, -0.25) is 0 Å². The van der Waals surface area contributed by atoms with E-state index in [0.29, 0.717) is 0 Å². The largest absolute Gasteiger partial charge is 0.341 e. The molecule has 0 atom stereocenters. The molecule has 0 bridgehead atoms. The molecule has 0 saturated heterocycles. The van der Waals surface area contributed by atoms with Gasteiger partial charge in [0.2, 0.25) is 0 Å². The Morgan fingerprint density at radius 2 is 1.78 bits per heavy atom. The van der Waals surface area contributed by atoms with Crippen molar-refractivity contribution in [3.8, 4) is 0 Å². The number of nitrogens with zero attached hydrogens (tertiary/aromatic N) is 1. The van der Waals surface area contributed by atoms with E-state index in [1.165, 1.54) is 35.3 Å². The highest BCUT2D eigenvalue weighted by atomic mass is 79.9. The van der Waals surface area contributed by atoms with Crippen LogP contribution in [-0.2, 0) is 11.8 Å². The number of halogens is 1. The van der Waals surface area contributed by atoms with Gasteiger partial charge in [-0.15, -0.1) is 0 Å². The predicted molar refractivity (Wildman–Crippen MR) is 80.8 cm³/mol. The first-order valence-electron chi connectivity index (χ1n) is 6.39. The normalized spacial score (nSPS) is 14.4. The maximum Gasteiger partial charge on any atom is 0.0443 e. The summed E-state index contributed by atoms with van der Waals surface area (Å²) in [5.41, 5.74) is 5.46. The van der Waals surface area contributed by atoms with Gasteiger partial charge in [0.1, 0.15) is 0 Å². The molecule has 2 heteroatoms. The van der Waals surface area contributed by atoms with E-state index in [0.717, 1.165) is 11.9 Å². The second kappa shape index (κ2) is 5.15. The second-order valence-corrected chi connectivity index (χ2v) is 5.24. The molecule has 3 rings (SSSR count). The molecule has 0 fully saturated rings. The Bertz CT molecular complexity index is 533. The minimum absolute atomic E-state index is 0.921. The van der Waals surface area contributed by atoms with Crippen LogP contribution in [0.4, 0.5) is 11.4 Å². The third-order valence-corrected chi connectivity index (χ3v) is 4.16. The first kappa shape index (κ1) is 11.8. The maximum absolute atomic E-state index is 3.49. The van der Waals surface area contributed by atoms with E-state index in [2.05, 4.69) is 69.4 Å². The van der Waals surface area contributed by atoms with Gasteiger partial charge >= 0.3 is 0 Å². The van der Waals surface area contributed by atoms with Crippen LogP contribution in [0.15, 0.2) is 48.5 Å². The summed E-state index contributed by atoms with van der Waals surface area (Å²) in [6.07, 6.45) is 2.43. The molecule has 1 aliphatic heterocycles. The number of anilines is 2. The fourth-order valence-electron chi connectivity index (χ4n) is 2.57. The van der Waals surface area contributed by atoms with E-state index in [9.17, 15) is 0 Å². The second-order valence-electron chi connectivity index (χ2n) is 4.68. The van der Waals surface area contributed by atoms with Gasteiger partial charge in [-0.1, -0.05) is 46.3 Å². The zero-order chi connectivity index (χ0) is 12.4. The molecule has 1 aliphatic rings. The molecule has 0 unspecified atom stereocenters. The zero-order valence-electron chi connectivity index (χ0n) is 10.3. The van der Waals surface area contributed by atoms with E-state index in [4.69, 9.17) is 0 Å². The summed E-state index contributed by atoms with van der Waals surface area (Å²) in [6, 6.07) is 17.6. The molecule has 0 amide bonds. The van der Waals surface area contributed by atoms with E-state index in [1.807, 2.05) is 0 Å². The van der Waals surface area contributed by atoms with Gasteiger partial charge in [0.15, 0.2) is 0 Å². The number of aryl methyl sites for hydroxylation is 1. The molecule has 0 aliphatic carbocycles. The van der Waals surface area contributed by atoms with Crippen LogP contribution in [0.2, 0.25) is 0 Å². The smallest absolute Gasteiger partial charge is 0.0443 e. The number of fused-ring (bicyclic) bond motifs is 1. The van der Waals surface area contributed by atoms with Crippen molar-refractivity contribution >= 4 is 27.3 Å².